The standard InChI is InChI=1S/C20H17NO3S/c1-25-18-9-5-4-8-17(18)21-19(22)13-24-20(23)16-11-10-14-6-2-3-7-15(14)12-16/h2-12H,13H2,1H3,(H,21,22). The van der Waals surface area contributed by atoms with Crippen LogP contribution in [0.15, 0.2) is 71.6 Å². The predicted molar refractivity (Wildman–Crippen MR) is 101 cm³/mol. The van der Waals surface area contributed by atoms with Crippen molar-refractivity contribution in [2.24, 2.45) is 0 Å². The molecule has 0 aliphatic rings. The van der Waals surface area contributed by atoms with Crippen molar-refractivity contribution < 1.29 is 14.3 Å². The van der Waals surface area contributed by atoms with Crippen molar-refractivity contribution in [3.63, 3.8) is 0 Å². The summed E-state index contributed by atoms with van der Waals surface area (Å²) >= 11 is 1.54. The van der Waals surface area contributed by atoms with E-state index in [1.165, 1.54) is 11.8 Å². The highest BCUT2D eigenvalue weighted by molar-refractivity contribution is 7.98. The first kappa shape index (κ1) is 17.0. The number of ether oxygens (including phenoxy) is 1. The summed E-state index contributed by atoms with van der Waals surface area (Å²) in [5, 5.41) is 4.76. The van der Waals surface area contributed by atoms with E-state index >= 15 is 0 Å². The van der Waals surface area contributed by atoms with Crippen molar-refractivity contribution in [3.05, 3.63) is 72.3 Å². The fourth-order valence-electron chi connectivity index (χ4n) is 2.46. The minimum absolute atomic E-state index is 0.325. The summed E-state index contributed by atoms with van der Waals surface area (Å²) in [6.07, 6.45) is 1.94. The summed E-state index contributed by atoms with van der Waals surface area (Å²) in [6, 6.07) is 20.6. The van der Waals surface area contributed by atoms with Crippen LogP contribution in [0.3, 0.4) is 0 Å². The Bertz CT molecular complexity index is 923. The molecule has 126 valence electrons. The van der Waals surface area contributed by atoms with Gasteiger partial charge in [0, 0.05) is 4.90 Å². The number of benzene rings is 3. The molecule has 1 N–H and O–H groups in total. The molecule has 0 atom stereocenters. The van der Waals surface area contributed by atoms with Crippen molar-refractivity contribution in [2.75, 3.05) is 18.2 Å². The molecule has 0 unspecified atom stereocenters. The normalized spacial score (nSPS) is 10.4. The molecule has 0 aromatic heterocycles. The first-order chi connectivity index (χ1) is 12.2. The number of nitrogens with one attached hydrogen (secondary N) is 1. The summed E-state index contributed by atoms with van der Waals surface area (Å²) in [5.41, 5.74) is 1.14. The van der Waals surface area contributed by atoms with Gasteiger partial charge in [-0.05, 0) is 41.3 Å². The number of fused-ring (bicyclic) bond motifs is 1. The molecule has 1 amide bonds. The van der Waals surface area contributed by atoms with Crippen LogP contribution in [0.5, 0.6) is 0 Å². The quantitative estimate of drug-likeness (QED) is 0.548. The van der Waals surface area contributed by atoms with Gasteiger partial charge in [-0.25, -0.2) is 4.79 Å². The molecule has 3 rings (SSSR count). The van der Waals surface area contributed by atoms with Gasteiger partial charge in [0.1, 0.15) is 0 Å². The smallest absolute Gasteiger partial charge is 0.338 e. The van der Waals surface area contributed by atoms with Crippen LogP contribution in [0.2, 0.25) is 0 Å². The number of amides is 1. The fourth-order valence-corrected chi connectivity index (χ4v) is 3.02. The predicted octanol–water partition coefficient (Wildman–Crippen LogP) is 4.36. The van der Waals surface area contributed by atoms with Gasteiger partial charge in [0.25, 0.3) is 5.91 Å². The van der Waals surface area contributed by atoms with Gasteiger partial charge in [-0.3, -0.25) is 4.79 Å². The first-order valence-corrected chi connectivity index (χ1v) is 8.98. The molecule has 0 saturated carbocycles. The molecule has 0 bridgehead atoms. The van der Waals surface area contributed by atoms with Gasteiger partial charge >= 0.3 is 5.97 Å². The lowest BCUT2D eigenvalue weighted by molar-refractivity contribution is -0.119. The summed E-state index contributed by atoms with van der Waals surface area (Å²) < 4.78 is 5.13. The van der Waals surface area contributed by atoms with E-state index < -0.39 is 5.97 Å². The second-order valence-corrected chi connectivity index (χ2v) is 6.23. The Morgan fingerprint density at radius 1 is 0.960 bits per heavy atom. The van der Waals surface area contributed by atoms with Gasteiger partial charge in [0.2, 0.25) is 0 Å². The van der Waals surface area contributed by atoms with Crippen LogP contribution >= 0.6 is 11.8 Å². The molecule has 5 heteroatoms. The SMILES string of the molecule is CSc1ccccc1NC(=O)COC(=O)c1ccc2ccccc2c1. The highest BCUT2D eigenvalue weighted by Gasteiger charge is 2.12. The fraction of sp³-hybridized carbons (Fsp3) is 0.100. The third-order valence-corrected chi connectivity index (χ3v) is 4.50. The number of hydrogen-bond donors (Lipinski definition) is 1. The Kier molecular flexibility index (Phi) is 5.36. The summed E-state index contributed by atoms with van der Waals surface area (Å²) in [7, 11) is 0. The molecular formula is C20H17NO3S. The van der Waals surface area contributed by atoms with Gasteiger partial charge in [0.05, 0.1) is 11.3 Å². The minimum atomic E-state index is -0.515. The van der Waals surface area contributed by atoms with E-state index in [1.54, 1.807) is 12.1 Å². The maximum Gasteiger partial charge on any atom is 0.338 e. The van der Waals surface area contributed by atoms with Crippen LogP contribution in [-0.2, 0) is 9.53 Å². The Hall–Kier alpha value is -2.79. The van der Waals surface area contributed by atoms with Gasteiger partial charge in [-0.15, -0.1) is 11.8 Å². The number of carbonyl (C=O) groups is 2. The molecule has 0 saturated heterocycles. The third kappa shape index (κ3) is 4.19. The van der Waals surface area contributed by atoms with Crippen LogP contribution in [0, 0.1) is 0 Å². The molecule has 0 aliphatic heterocycles. The van der Waals surface area contributed by atoms with Crippen LogP contribution in [0.1, 0.15) is 10.4 Å². The van der Waals surface area contributed by atoms with E-state index in [4.69, 9.17) is 4.74 Å². The number of thioether (sulfide) groups is 1. The van der Waals surface area contributed by atoms with Gasteiger partial charge in [0.15, 0.2) is 6.61 Å². The average Bonchev–Trinajstić information content (AvgIpc) is 2.66. The zero-order valence-corrected chi connectivity index (χ0v) is 14.5. The summed E-state index contributed by atoms with van der Waals surface area (Å²) in [5.74, 6) is -0.880. The Morgan fingerprint density at radius 2 is 1.68 bits per heavy atom. The van der Waals surface area contributed by atoms with Crippen LogP contribution in [0.4, 0.5) is 5.69 Å². The van der Waals surface area contributed by atoms with E-state index in [-0.39, 0.29) is 12.5 Å². The van der Waals surface area contributed by atoms with Gasteiger partial charge in [-0.2, -0.15) is 0 Å². The first-order valence-electron chi connectivity index (χ1n) is 7.76. The zero-order valence-electron chi connectivity index (χ0n) is 13.7. The lowest BCUT2D eigenvalue weighted by Gasteiger charge is -2.10. The second kappa shape index (κ2) is 7.85. The lowest BCUT2D eigenvalue weighted by atomic mass is 10.1. The minimum Gasteiger partial charge on any atom is -0.452 e. The maximum atomic E-state index is 12.2. The Labute approximate surface area is 150 Å². The van der Waals surface area contributed by atoms with Crippen molar-refractivity contribution in [2.45, 2.75) is 4.90 Å². The molecule has 0 aliphatic carbocycles. The molecule has 0 fully saturated rings. The molecule has 3 aromatic carbocycles. The van der Waals surface area contributed by atoms with Crippen molar-refractivity contribution >= 4 is 40.1 Å². The largest absolute Gasteiger partial charge is 0.452 e. The zero-order chi connectivity index (χ0) is 17.6. The highest BCUT2D eigenvalue weighted by Crippen LogP contribution is 2.24. The van der Waals surface area contributed by atoms with E-state index in [9.17, 15) is 9.59 Å². The molecule has 0 spiro atoms. The number of para-hydroxylation sites is 1. The van der Waals surface area contributed by atoms with Crippen LogP contribution < -0.4 is 5.32 Å². The molecule has 0 heterocycles. The highest BCUT2D eigenvalue weighted by atomic mass is 32.2. The molecule has 4 nitrogen and oxygen atoms in total. The third-order valence-electron chi connectivity index (χ3n) is 3.70. The topological polar surface area (TPSA) is 55.4 Å². The van der Waals surface area contributed by atoms with Gasteiger partial charge < -0.3 is 10.1 Å². The van der Waals surface area contributed by atoms with Crippen molar-refractivity contribution in [3.8, 4) is 0 Å². The number of anilines is 1. The summed E-state index contributed by atoms with van der Waals surface area (Å²) in [4.78, 5) is 25.1. The molecular weight excluding hydrogens is 334 g/mol. The second-order valence-electron chi connectivity index (χ2n) is 5.39. The molecule has 25 heavy (non-hydrogen) atoms. The average molecular weight is 351 g/mol. The van der Waals surface area contributed by atoms with E-state index in [0.29, 0.717) is 11.3 Å². The van der Waals surface area contributed by atoms with E-state index in [1.807, 2.05) is 60.9 Å². The number of hydrogen-bond acceptors (Lipinski definition) is 4. The monoisotopic (exact) mass is 351 g/mol. The lowest BCUT2D eigenvalue weighted by Crippen LogP contribution is -2.21. The summed E-state index contributed by atoms with van der Waals surface area (Å²) in [6.45, 7) is -0.325. The maximum absolute atomic E-state index is 12.2. The molecule has 3 aromatic rings. The van der Waals surface area contributed by atoms with E-state index in [2.05, 4.69) is 5.32 Å². The van der Waals surface area contributed by atoms with Crippen molar-refractivity contribution in [1.29, 1.82) is 0 Å². The number of carbonyl (C=O) groups excluding carboxylic acids is 2. The Morgan fingerprint density at radius 3 is 2.48 bits per heavy atom. The number of esters is 1. The van der Waals surface area contributed by atoms with E-state index in [0.717, 1.165) is 15.7 Å². The Balaban J connectivity index is 1.62. The number of rotatable bonds is 5. The molecule has 0 radical (unpaired) electrons. The van der Waals surface area contributed by atoms with Gasteiger partial charge in [-0.1, -0.05) is 42.5 Å². The van der Waals surface area contributed by atoms with Crippen molar-refractivity contribution in [1.82, 2.24) is 0 Å². The van der Waals surface area contributed by atoms with Crippen LogP contribution in [0.25, 0.3) is 10.8 Å². The van der Waals surface area contributed by atoms with Crippen LogP contribution in [-0.4, -0.2) is 24.7 Å².